The Hall–Kier alpha value is -1.10. The monoisotopic (exact) mass is 131 g/mol. The van der Waals surface area contributed by atoms with Crippen molar-refractivity contribution in [1.29, 1.82) is 0 Å². The van der Waals surface area contributed by atoms with Gasteiger partial charge in [-0.3, -0.25) is 9.59 Å². The van der Waals surface area contributed by atoms with Crippen molar-refractivity contribution in [2.75, 3.05) is 0 Å². The Balaban J connectivity index is 3.63. The molecule has 0 aromatic carbocycles. The average Bonchev–Trinajstić information content (AvgIpc) is 1.63. The van der Waals surface area contributed by atoms with Crippen LogP contribution in [0.15, 0.2) is 0 Å². The van der Waals surface area contributed by atoms with Gasteiger partial charge in [0.15, 0.2) is 0 Å². The molecular weight excluding hydrogens is 122 g/mol. The molecule has 0 rings (SSSR count). The van der Waals surface area contributed by atoms with Gasteiger partial charge < -0.3 is 17.2 Å². The lowest BCUT2D eigenvalue weighted by Crippen LogP contribution is -2.39. The Labute approximate surface area is 52.2 Å². The van der Waals surface area contributed by atoms with Crippen molar-refractivity contribution >= 4 is 11.8 Å². The summed E-state index contributed by atoms with van der Waals surface area (Å²) in [6.07, 6.45) is -0.185. The van der Waals surface area contributed by atoms with E-state index in [9.17, 15) is 9.59 Å². The van der Waals surface area contributed by atoms with Crippen molar-refractivity contribution < 1.29 is 9.59 Å². The third kappa shape index (κ3) is 3.48. The molecule has 52 valence electrons. The Morgan fingerprint density at radius 3 is 1.89 bits per heavy atom. The van der Waals surface area contributed by atoms with Crippen LogP contribution in [0.1, 0.15) is 6.42 Å². The lowest BCUT2D eigenvalue weighted by Gasteiger charge is -2.01. The lowest BCUT2D eigenvalue weighted by atomic mass is 10.2. The zero-order valence-electron chi connectivity index (χ0n) is 4.83. The molecule has 0 aromatic heterocycles. The van der Waals surface area contributed by atoms with Gasteiger partial charge in [0.1, 0.15) is 0 Å². The maximum atomic E-state index is 10.1. The quantitative estimate of drug-likeness (QED) is 0.399. The maximum Gasteiger partial charge on any atom is 0.234 e. The zero-order chi connectivity index (χ0) is 7.44. The predicted octanol–water partition coefficient (Wildman–Crippen LogP) is -2.33. The van der Waals surface area contributed by atoms with Crippen LogP contribution in [0.3, 0.4) is 0 Å². The van der Waals surface area contributed by atoms with Crippen molar-refractivity contribution in [2.45, 2.75) is 12.5 Å². The minimum absolute atomic E-state index is 0.185. The van der Waals surface area contributed by atoms with E-state index in [-0.39, 0.29) is 6.42 Å². The van der Waals surface area contributed by atoms with Gasteiger partial charge in [-0.2, -0.15) is 0 Å². The second kappa shape index (κ2) is 3.03. The smallest absolute Gasteiger partial charge is 0.234 e. The van der Waals surface area contributed by atoms with Crippen LogP contribution in [0.2, 0.25) is 0 Å². The number of hydrogen-bond acceptors (Lipinski definition) is 3. The Morgan fingerprint density at radius 1 is 1.33 bits per heavy atom. The largest absolute Gasteiger partial charge is 0.370 e. The third-order valence-electron chi connectivity index (χ3n) is 0.787. The molecule has 0 aliphatic rings. The molecule has 5 nitrogen and oxygen atoms in total. The fourth-order valence-corrected chi connectivity index (χ4v) is 0.317. The highest BCUT2D eigenvalue weighted by atomic mass is 16.2. The first-order valence-electron chi connectivity index (χ1n) is 2.37. The number of carbonyl (C=O) groups excluding carboxylic acids is 2. The van der Waals surface area contributed by atoms with Crippen LogP contribution in [0.5, 0.6) is 0 Å². The zero-order valence-corrected chi connectivity index (χ0v) is 4.83. The second-order valence-corrected chi connectivity index (χ2v) is 1.68. The number of rotatable bonds is 3. The molecule has 9 heavy (non-hydrogen) atoms. The first kappa shape index (κ1) is 7.90. The minimum atomic E-state index is -0.942. The van der Waals surface area contributed by atoms with Gasteiger partial charge in [0.25, 0.3) is 0 Å². The highest BCUT2D eigenvalue weighted by Gasteiger charge is 2.10. The van der Waals surface area contributed by atoms with E-state index in [4.69, 9.17) is 17.2 Å². The van der Waals surface area contributed by atoms with Gasteiger partial charge in [-0.1, -0.05) is 0 Å². The highest BCUT2D eigenvalue weighted by Crippen LogP contribution is 1.82. The molecule has 0 unspecified atom stereocenters. The molecule has 0 saturated carbocycles. The number of amides is 2. The van der Waals surface area contributed by atoms with Crippen molar-refractivity contribution in [3.63, 3.8) is 0 Å². The molecule has 0 radical (unpaired) electrons. The van der Waals surface area contributed by atoms with Crippen LogP contribution in [0.25, 0.3) is 0 Å². The number of hydrogen-bond donors (Lipinski definition) is 3. The highest BCUT2D eigenvalue weighted by molar-refractivity contribution is 5.86. The summed E-state index contributed by atoms with van der Waals surface area (Å²) < 4.78 is 0. The molecule has 0 aliphatic carbocycles. The number of primary amides is 2. The van der Waals surface area contributed by atoms with Crippen LogP contribution in [0, 0.1) is 0 Å². The van der Waals surface area contributed by atoms with Crippen LogP contribution < -0.4 is 17.2 Å². The van der Waals surface area contributed by atoms with Crippen LogP contribution in [-0.4, -0.2) is 17.9 Å². The van der Waals surface area contributed by atoms with E-state index < -0.39 is 17.9 Å². The molecule has 0 saturated heterocycles. The van der Waals surface area contributed by atoms with Gasteiger partial charge in [0.05, 0.1) is 12.5 Å². The maximum absolute atomic E-state index is 10.1. The Morgan fingerprint density at radius 2 is 1.78 bits per heavy atom. The van der Waals surface area contributed by atoms with E-state index in [1.54, 1.807) is 0 Å². The molecule has 2 amide bonds. The minimum Gasteiger partial charge on any atom is -0.370 e. The first-order valence-corrected chi connectivity index (χ1v) is 2.37. The van der Waals surface area contributed by atoms with Crippen LogP contribution >= 0.6 is 0 Å². The van der Waals surface area contributed by atoms with E-state index >= 15 is 0 Å². The summed E-state index contributed by atoms with van der Waals surface area (Å²) in [4.78, 5) is 20.2. The fourth-order valence-electron chi connectivity index (χ4n) is 0.317. The third-order valence-corrected chi connectivity index (χ3v) is 0.787. The normalized spacial score (nSPS) is 12.6. The van der Waals surface area contributed by atoms with E-state index in [1.165, 1.54) is 0 Å². The summed E-state index contributed by atoms with van der Waals surface area (Å²) in [5.74, 6) is -1.34. The molecule has 0 aliphatic heterocycles. The molecule has 0 aromatic rings. The molecule has 0 spiro atoms. The van der Waals surface area contributed by atoms with E-state index in [1.807, 2.05) is 0 Å². The van der Waals surface area contributed by atoms with Crippen molar-refractivity contribution in [3.05, 3.63) is 0 Å². The second-order valence-electron chi connectivity index (χ2n) is 1.68. The Bertz CT molecular complexity index is 134. The standard InChI is InChI=1S/C4H9N3O2/c5-2(4(7)9)1-3(6)8/h2H,1,5H2,(H2,6,8)(H2,7,9)/t2-/m1/s1. The predicted molar refractivity (Wildman–Crippen MR) is 31.0 cm³/mol. The summed E-state index contributed by atoms with van der Waals surface area (Å²) in [5.41, 5.74) is 14.5. The Kier molecular flexibility index (Phi) is 2.66. The summed E-state index contributed by atoms with van der Waals surface area (Å²) in [5, 5.41) is 0. The molecule has 0 fully saturated rings. The molecule has 6 N–H and O–H groups in total. The molecule has 1 atom stereocenters. The van der Waals surface area contributed by atoms with E-state index in [0.717, 1.165) is 0 Å². The van der Waals surface area contributed by atoms with E-state index in [0.29, 0.717) is 0 Å². The SMILES string of the molecule is NC(=O)C[C@@H](N)C(N)=O. The van der Waals surface area contributed by atoms with Gasteiger partial charge in [0.2, 0.25) is 11.8 Å². The molecular formula is C4H9N3O2. The number of carbonyl (C=O) groups is 2. The van der Waals surface area contributed by atoms with Crippen molar-refractivity contribution in [1.82, 2.24) is 0 Å². The summed E-state index contributed by atoms with van der Waals surface area (Å²) >= 11 is 0. The van der Waals surface area contributed by atoms with Crippen LogP contribution in [0.4, 0.5) is 0 Å². The van der Waals surface area contributed by atoms with Crippen LogP contribution in [-0.2, 0) is 9.59 Å². The summed E-state index contributed by atoms with van der Waals surface area (Å²) in [6.45, 7) is 0. The molecule has 0 heterocycles. The average molecular weight is 131 g/mol. The fraction of sp³-hybridized carbons (Fsp3) is 0.500. The van der Waals surface area contributed by atoms with Gasteiger partial charge in [-0.05, 0) is 0 Å². The topological polar surface area (TPSA) is 112 Å². The van der Waals surface area contributed by atoms with Gasteiger partial charge >= 0.3 is 0 Å². The van der Waals surface area contributed by atoms with Crippen molar-refractivity contribution in [3.8, 4) is 0 Å². The summed E-state index contributed by atoms with van der Waals surface area (Å²) in [6, 6.07) is -0.942. The van der Waals surface area contributed by atoms with Gasteiger partial charge in [-0.15, -0.1) is 0 Å². The lowest BCUT2D eigenvalue weighted by molar-refractivity contribution is -0.124. The molecule has 5 heteroatoms. The summed E-state index contributed by atoms with van der Waals surface area (Å²) in [7, 11) is 0. The van der Waals surface area contributed by atoms with Gasteiger partial charge in [0, 0.05) is 0 Å². The van der Waals surface area contributed by atoms with Crippen molar-refractivity contribution in [2.24, 2.45) is 17.2 Å². The number of nitrogens with two attached hydrogens (primary N) is 3. The molecule has 0 bridgehead atoms. The van der Waals surface area contributed by atoms with E-state index in [2.05, 4.69) is 0 Å². The van der Waals surface area contributed by atoms with Gasteiger partial charge in [-0.25, -0.2) is 0 Å². The first-order chi connectivity index (χ1) is 4.04.